The van der Waals surface area contributed by atoms with Crippen LogP contribution in [0.15, 0.2) is 64.4 Å². The van der Waals surface area contributed by atoms with E-state index in [1.54, 1.807) is 5.51 Å². The maximum atomic E-state index is 9.95. The lowest BCUT2D eigenvalue weighted by Gasteiger charge is -2.11. The van der Waals surface area contributed by atoms with Crippen LogP contribution in [0, 0.1) is 0 Å². The van der Waals surface area contributed by atoms with Crippen molar-refractivity contribution in [1.29, 1.82) is 0 Å². The predicted octanol–water partition coefficient (Wildman–Crippen LogP) is 3.74. The first-order valence-electron chi connectivity index (χ1n) is 7.16. The molecule has 1 aromatic heterocycles. The van der Waals surface area contributed by atoms with Gasteiger partial charge in [0.25, 0.3) is 0 Å². The Morgan fingerprint density at radius 2 is 1.78 bits per heavy atom. The molecule has 0 fully saturated rings. The fourth-order valence-electron chi connectivity index (χ4n) is 2.01. The van der Waals surface area contributed by atoms with Gasteiger partial charge >= 0.3 is 0 Å². The second kappa shape index (κ2) is 8.10. The van der Waals surface area contributed by atoms with Crippen molar-refractivity contribution in [1.82, 2.24) is 10.2 Å². The molecule has 3 rings (SSSR count). The fraction of sp³-hybridized carbons (Fsp3) is 0.176. The molecule has 2 aromatic carbocycles. The average Bonchev–Trinajstić information content (AvgIpc) is 3.13. The fourth-order valence-corrected chi connectivity index (χ4v) is 3.43. The Hall–Kier alpha value is -1.89. The van der Waals surface area contributed by atoms with E-state index >= 15 is 0 Å². The number of hydrogen-bond donors (Lipinski definition) is 1. The Morgan fingerprint density at radius 1 is 1.04 bits per heavy atom. The lowest BCUT2D eigenvalue weighted by molar-refractivity contribution is 0.126. The lowest BCUT2D eigenvalue weighted by Crippen LogP contribution is -2.20. The van der Waals surface area contributed by atoms with Crippen LogP contribution in [-0.4, -0.2) is 33.8 Å². The summed E-state index contributed by atoms with van der Waals surface area (Å²) in [4.78, 5) is 0. The number of thioether (sulfide) groups is 1. The molecule has 0 radical (unpaired) electrons. The molecule has 0 amide bonds. The Labute approximate surface area is 143 Å². The largest absolute Gasteiger partial charge is 0.491 e. The van der Waals surface area contributed by atoms with Crippen molar-refractivity contribution in [2.24, 2.45) is 0 Å². The summed E-state index contributed by atoms with van der Waals surface area (Å²) in [5.74, 6) is 1.29. The van der Waals surface area contributed by atoms with E-state index in [0.29, 0.717) is 5.75 Å². The molecule has 0 aliphatic rings. The van der Waals surface area contributed by atoms with E-state index in [0.717, 1.165) is 15.7 Å². The maximum absolute atomic E-state index is 9.95. The molecule has 118 valence electrons. The molecule has 0 unspecified atom stereocenters. The molecule has 0 bridgehead atoms. The molecule has 0 saturated carbocycles. The number of rotatable bonds is 7. The van der Waals surface area contributed by atoms with Crippen LogP contribution in [0.2, 0.25) is 0 Å². The molecule has 4 nitrogen and oxygen atoms in total. The smallest absolute Gasteiger partial charge is 0.174 e. The van der Waals surface area contributed by atoms with Crippen LogP contribution in [0.1, 0.15) is 0 Å². The molecule has 0 spiro atoms. The van der Waals surface area contributed by atoms with Gasteiger partial charge in [-0.25, -0.2) is 0 Å². The molecule has 0 aliphatic carbocycles. The van der Waals surface area contributed by atoms with Crippen LogP contribution in [0.4, 0.5) is 0 Å². The minimum absolute atomic E-state index is 0.260. The Kier molecular flexibility index (Phi) is 5.63. The van der Waals surface area contributed by atoms with Crippen LogP contribution in [-0.2, 0) is 0 Å². The van der Waals surface area contributed by atoms with Crippen molar-refractivity contribution in [3.05, 3.63) is 60.1 Å². The van der Waals surface area contributed by atoms with Crippen molar-refractivity contribution >= 4 is 23.1 Å². The highest BCUT2D eigenvalue weighted by atomic mass is 32.2. The highest BCUT2D eigenvalue weighted by molar-refractivity contribution is 8.01. The number of hydrogen-bond acceptors (Lipinski definition) is 6. The third kappa shape index (κ3) is 4.79. The first-order valence-corrected chi connectivity index (χ1v) is 9.03. The Morgan fingerprint density at radius 3 is 2.48 bits per heavy atom. The van der Waals surface area contributed by atoms with E-state index in [-0.39, 0.29) is 6.61 Å². The van der Waals surface area contributed by atoms with Gasteiger partial charge in [-0.05, 0) is 23.3 Å². The van der Waals surface area contributed by atoms with Gasteiger partial charge in [0.2, 0.25) is 0 Å². The highest BCUT2D eigenvalue weighted by Gasteiger charge is 2.08. The van der Waals surface area contributed by atoms with Gasteiger partial charge in [0.1, 0.15) is 17.9 Å². The van der Waals surface area contributed by atoms with E-state index in [2.05, 4.69) is 22.3 Å². The Balaban J connectivity index is 1.48. The zero-order valence-electron chi connectivity index (χ0n) is 12.3. The molecule has 1 heterocycles. The van der Waals surface area contributed by atoms with Crippen LogP contribution in [0.3, 0.4) is 0 Å². The van der Waals surface area contributed by atoms with Gasteiger partial charge in [0.05, 0.1) is 6.10 Å². The standard InChI is InChI=1S/C17H16N2O2S2/c20-15(11-22-17-19-18-12-23-17)10-21-16-8-6-14(7-9-16)13-4-2-1-3-5-13/h1-9,12,15,20H,10-11H2/t15-/m0/s1. The van der Waals surface area contributed by atoms with E-state index in [1.165, 1.54) is 28.7 Å². The minimum Gasteiger partial charge on any atom is -0.491 e. The van der Waals surface area contributed by atoms with Crippen molar-refractivity contribution in [3.8, 4) is 16.9 Å². The van der Waals surface area contributed by atoms with Gasteiger partial charge in [-0.1, -0.05) is 65.6 Å². The van der Waals surface area contributed by atoms with Gasteiger partial charge in [-0.15, -0.1) is 10.2 Å². The summed E-state index contributed by atoms with van der Waals surface area (Å²) >= 11 is 2.95. The number of aliphatic hydroxyl groups is 1. The van der Waals surface area contributed by atoms with Crippen molar-refractivity contribution in [3.63, 3.8) is 0 Å². The molecular formula is C17H16N2O2S2. The molecule has 6 heteroatoms. The third-order valence-electron chi connectivity index (χ3n) is 3.14. The first-order chi connectivity index (χ1) is 11.3. The van der Waals surface area contributed by atoms with Crippen molar-refractivity contribution in [2.75, 3.05) is 12.4 Å². The maximum Gasteiger partial charge on any atom is 0.174 e. The summed E-state index contributed by atoms with van der Waals surface area (Å²) in [7, 11) is 0. The third-order valence-corrected chi connectivity index (χ3v) is 5.15. The average molecular weight is 344 g/mol. The van der Waals surface area contributed by atoms with E-state index in [9.17, 15) is 5.11 Å². The van der Waals surface area contributed by atoms with Crippen LogP contribution >= 0.6 is 23.1 Å². The molecule has 1 N–H and O–H groups in total. The van der Waals surface area contributed by atoms with E-state index in [4.69, 9.17) is 4.74 Å². The SMILES string of the molecule is O[C@@H](COc1ccc(-c2ccccc2)cc1)CSc1nncs1. The molecular weight excluding hydrogens is 328 g/mol. The topological polar surface area (TPSA) is 55.2 Å². The van der Waals surface area contributed by atoms with Crippen LogP contribution in [0.5, 0.6) is 5.75 Å². The van der Waals surface area contributed by atoms with E-state index < -0.39 is 6.10 Å². The second-order valence-corrected chi connectivity index (χ2v) is 6.97. The summed E-state index contributed by atoms with van der Waals surface area (Å²) in [6.07, 6.45) is -0.544. The molecule has 3 aromatic rings. The number of benzene rings is 2. The highest BCUT2D eigenvalue weighted by Crippen LogP contribution is 2.23. The minimum atomic E-state index is -0.544. The van der Waals surface area contributed by atoms with Crippen molar-refractivity contribution < 1.29 is 9.84 Å². The van der Waals surface area contributed by atoms with Gasteiger partial charge in [0, 0.05) is 5.75 Å². The summed E-state index contributed by atoms with van der Waals surface area (Å²) in [6.45, 7) is 0.260. The molecule has 1 atom stereocenters. The normalized spacial score (nSPS) is 12.0. The lowest BCUT2D eigenvalue weighted by atomic mass is 10.1. The first kappa shape index (κ1) is 16.0. The summed E-state index contributed by atoms with van der Waals surface area (Å²) in [6, 6.07) is 18.1. The van der Waals surface area contributed by atoms with Gasteiger partial charge < -0.3 is 9.84 Å². The quantitative estimate of drug-likeness (QED) is 0.662. The second-order valence-electron chi connectivity index (χ2n) is 4.87. The number of ether oxygens (including phenoxy) is 1. The molecule has 0 saturated heterocycles. The van der Waals surface area contributed by atoms with Crippen molar-refractivity contribution in [2.45, 2.75) is 10.4 Å². The van der Waals surface area contributed by atoms with Gasteiger partial charge in [0.15, 0.2) is 4.34 Å². The molecule has 0 aliphatic heterocycles. The van der Waals surface area contributed by atoms with E-state index in [1.807, 2.05) is 42.5 Å². The number of aliphatic hydroxyl groups excluding tert-OH is 1. The zero-order chi connectivity index (χ0) is 15.9. The molecule has 23 heavy (non-hydrogen) atoms. The summed E-state index contributed by atoms with van der Waals surface area (Å²) in [5.41, 5.74) is 4.00. The van der Waals surface area contributed by atoms with Gasteiger partial charge in [-0.3, -0.25) is 0 Å². The predicted molar refractivity (Wildman–Crippen MR) is 94.0 cm³/mol. The summed E-state index contributed by atoms with van der Waals surface area (Å²) in [5, 5.41) is 17.6. The Bertz CT molecular complexity index is 703. The monoisotopic (exact) mass is 344 g/mol. The van der Waals surface area contributed by atoms with Gasteiger partial charge in [-0.2, -0.15) is 0 Å². The number of nitrogens with zero attached hydrogens (tertiary/aromatic N) is 2. The zero-order valence-corrected chi connectivity index (χ0v) is 14.0. The summed E-state index contributed by atoms with van der Waals surface area (Å²) < 4.78 is 6.49. The number of aromatic nitrogens is 2. The van der Waals surface area contributed by atoms with Crippen LogP contribution in [0.25, 0.3) is 11.1 Å². The van der Waals surface area contributed by atoms with Crippen LogP contribution < -0.4 is 4.74 Å².